The molecule has 1 N–H and O–H groups in total. The van der Waals surface area contributed by atoms with Crippen LogP contribution < -0.4 is 10.1 Å². The van der Waals surface area contributed by atoms with Crippen LogP contribution in [-0.2, 0) is 4.79 Å². The monoisotopic (exact) mass is 411 g/mol. The van der Waals surface area contributed by atoms with Gasteiger partial charge in [-0.15, -0.1) is 0 Å². The molecule has 30 heavy (non-hydrogen) atoms. The first-order valence-corrected chi connectivity index (χ1v) is 11.4. The van der Waals surface area contributed by atoms with Crippen molar-refractivity contribution in [3.05, 3.63) is 48.3 Å². The smallest absolute Gasteiger partial charge is 0.227 e. The van der Waals surface area contributed by atoms with Crippen LogP contribution in [0.15, 0.2) is 48.3 Å². The number of carbonyl (C=O) groups excluding carboxylic acids is 1. The van der Waals surface area contributed by atoms with Crippen molar-refractivity contribution in [2.24, 2.45) is 11.8 Å². The summed E-state index contributed by atoms with van der Waals surface area (Å²) in [6.45, 7) is 12.3. The second-order valence-corrected chi connectivity index (χ2v) is 8.76. The van der Waals surface area contributed by atoms with Gasteiger partial charge < -0.3 is 15.0 Å². The van der Waals surface area contributed by atoms with Crippen LogP contribution in [0.2, 0.25) is 0 Å². The first kappa shape index (κ1) is 22.4. The Hall–Kier alpha value is -2.27. The third-order valence-corrected chi connectivity index (χ3v) is 6.11. The molecule has 1 aromatic carbocycles. The van der Waals surface area contributed by atoms with Gasteiger partial charge in [0.1, 0.15) is 5.75 Å². The highest BCUT2D eigenvalue weighted by Crippen LogP contribution is 2.26. The van der Waals surface area contributed by atoms with Crippen LogP contribution in [0, 0.1) is 11.8 Å². The minimum atomic E-state index is 0.0854. The van der Waals surface area contributed by atoms with Crippen LogP contribution in [-0.4, -0.2) is 48.0 Å². The molecule has 5 nitrogen and oxygen atoms in total. The highest BCUT2D eigenvalue weighted by Gasteiger charge is 2.26. The molecule has 2 aliphatic heterocycles. The summed E-state index contributed by atoms with van der Waals surface area (Å²) in [5.41, 5.74) is 2.33. The van der Waals surface area contributed by atoms with Gasteiger partial charge in [0.25, 0.3) is 0 Å². The standard InChI is InChI=1S/C25H37N3O2/c1-5-30-24-10-8-23(9-11-24)26-25(29)21-12-15-27(16-13-21)17-22-18-28(19(2)3)14-6-7-20(22)4/h6,8-11,14,18-21H,5,7,12-13,15-17H2,1-4H3,(H,26,29)/t20-/m0/s1. The van der Waals surface area contributed by atoms with E-state index in [0.717, 1.165) is 50.3 Å². The number of likely N-dealkylation sites (tertiary alicyclic amines) is 1. The summed E-state index contributed by atoms with van der Waals surface area (Å²) in [5, 5.41) is 3.07. The van der Waals surface area contributed by atoms with Crippen molar-refractivity contribution in [1.29, 1.82) is 0 Å². The molecule has 164 valence electrons. The molecule has 0 unspecified atom stereocenters. The zero-order chi connectivity index (χ0) is 21.5. The van der Waals surface area contributed by atoms with E-state index in [1.165, 1.54) is 5.57 Å². The lowest BCUT2D eigenvalue weighted by molar-refractivity contribution is -0.121. The van der Waals surface area contributed by atoms with Crippen LogP contribution in [0.25, 0.3) is 0 Å². The van der Waals surface area contributed by atoms with Crippen molar-refractivity contribution >= 4 is 11.6 Å². The molecular formula is C25H37N3O2. The zero-order valence-corrected chi connectivity index (χ0v) is 18.9. The molecule has 2 heterocycles. The molecule has 1 atom stereocenters. The number of rotatable bonds is 7. The molecule has 2 aliphatic rings. The molecule has 1 fully saturated rings. The van der Waals surface area contributed by atoms with E-state index in [-0.39, 0.29) is 11.8 Å². The Bertz CT molecular complexity index is 746. The molecular weight excluding hydrogens is 374 g/mol. The number of allylic oxidation sites excluding steroid dienone is 1. The predicted molar refractivity (Wildman–Crippen MR) is 123 cm³/mol. The van der Waals surface area contributed by atoms with Crippen LogP contribution in [0.3, 0.4) is 0 Å². The Morgan fingerprint density at radius 2 is 1.90 bits per heavy atom. The van der Waals surface area contributed by atoms with E-state index in [0.29, 0.717) is 18.6 Å². The summed E-state index contributed by atoms with van der Waals surface area (Å²) in [6, 6.07) is 8.09. The SMILES string of the molecule is CCOc1ccc(NC(=O)C2CCN(CC3=CN(C(C)C)C=CC[C@@H]3C)CC2)cc1. The number of piperidine rings is 1. The van der Waals surface area contributed by atoms with E-state index in [1.54, 1.807) is 0 Å². The predicted octanol–water partition coefficient (Wildman–Crippen LogP) is 4.88. The summed E-state index contributed by atoms with van der Waals surface area (Å²) in [7, 11) is 0. The van der Waals surface area contributed by atoms with E-state index >= 15 is 0 Å². The highest BCUT2D eigenvalue weighted by atomic mass is 16.5. The third kappa shape index (κ3) is 6.11. The molecule has 0 aromatic heterocycles. The Labute approximate surface area is 181 Å². The van der Waals surface area contributed by atoms with E-state index in [2.05, 4.69) is 54.4 Å². The average Bonchev–Trinajstić information content (AvgIpc) is 2.92. The fourth-order valence-electron chi connectivity index (χ4n) is 4.07. The third-order valence-electron chi connectivity index (χ3n) is 6.11. The maximum atomic E-state index is 12.7. The van der Waals surface area contributed by atoms with Gasteiger partial charge in [-0.3, -0.25) is 9.69 Å². The normalized spacial score (nSPS) is 20.8. The maximum absolute atomic E-state index is 12.7. The largest absolute Gasteiger partial charge is 0.494 e. The first-order valence-electron chi connectivity index (χ1n) is 11.4. The molecule has 0 radical (unpaired) electrons. The molecule has 5 heteroatoms. The fraction of sp³-hybridized carbons (Fsp3) is 0.560. The van der Waals surface area contributed by atoms with E-state index < -0.39 is 0 Å². The van der Waals surface area contributed by atoms with Crippen LogP contribution in [0.5, 0.6) is 5.75 Å². The Morgan fingerprint density at radius 1 is 1.20 bits per heavy atom. The molecule has 3 rings (SSSR count). The number of benzene rings is 1. The molecule has 0 bridgehead atoms. The Kier molecular flexibility index (Phi) is 7.97. The van der Waals surface area contributed by atoms with Gasteiger partial charge in [-0.2, -0.15) is 0 Å². The summed E-state index contributed by atoms with van der Waals surface area (Å²) < 4.78 is 5.46. The lowest BCUT2D eigenvalue weighted by Gasteiger charge is -2.33. The minimum Gasteiger partial charge on any atom is -0.494 e. The quantitative estimate of drug-likeness (QED) is 0.694. The molecule has 0 aliphatic carbocycles. The number of nitrogens with one attached hydrogen (secondary N) is 1. The second-order valence-electron chi connectivity index (χ2n) is 8.76. The lowest BCUT2D eigenvalue weighted by Crippen LogP contribution is -2.39. The lowest BCUT2D eigenvalue weighted by atomic mass is 9.93. The van der Waals surface area contributed by atoms with Gasteiger partial charge in [-0.25, -0.2) is 0 Å². The fourth-order valence-corrected chi connectivity index (χ4v) is 4.07. The van der Waals surface area contributed by atoms with Gasteiger partial charge in [-0.05, 0) is 95.1 Å². The summed E-state index contributed by atoms with van der Waals surface area (Å²) in [6.07, 6.45) is 9.75. The average molecular weight is 412 g/mol. The van der Waals surface area contributed by atoms with Crippen molar-refractivity contribution < 1.29 is 9.53 Å². The van der Waals surface area contributed by atoms with E-state index in [1.807, 2.05) is 31.2 Å². The number of carbonyl (C=O) groups is 1. The summed E-state index contributed by atoms with van der Waals surface area (Å²) in [5.74, 6) is 1.61. The molecule has 1 aromatic rings. The zero-order valence-electron chi connectivity index (χ0n) is 18.9. The number of nitrogens with zero attached hydrogens (tertiary/aromatic N) is 2. The van der Waals surface area contributed by atoms with Crippen LogP contribution in [0.4, 0.5) is 5.69 Å². The summed E-state index contributed by atoms with van der Waals surface area (Å²) in [4.78, 5) is 17.5. The number of hydrogen-bond donors (Lipinski definition) is 1. The molecule has 1 saturated heterocycles. The van der Waals surface area contributed by atoms with Gasteiger partial charge in [-0.1, -0.05) is 13.0 Å². The molecule has 0 spiro atoms. The number of amides is 1. The molecule has 0 saturated carbocycles. The molecule has 1 amide bonds. The number of anilines is 1. The van der Waals surface area contributed by atoms with Crippen LogP contribution in [0.1, 0.15) is 47.0 Å². The van der Waals surface area contributed by atoms with Crippen molar-refractivity contribution in [3.63, 3.8) is 0 Å². The van der Waals surface area contributed by atoms with Gasteiger partial charge >= 0.3 is 0 Å². The van der Waals surface area contributed by atoms with Gasteiger partial charge in [0.15, 0.2) is 0 Å². The van der Waals surface area contributed by atoms with Crippen molar-refractivity contribution in [1.82, 2.24) is 9.80 Å². The topological polar surface area (TPSA) is 44.8 Å². The summed E-state index contributed by atoms with van der Waals surface area (Å²) >= 11 is 0. The van der Waals surface area contributed by atoms with Gasteiger partial charge in [0.2, 0.25) is 5.91 Å². The van der Waals surface area contributed by atoms with Crippen molar-refractivity contribution in [3.8, 4) is 5.75 Å². The van der Waals surface area contributed by atoms with Gasteiger partial charge in [0, 0.05) is 30.4 Å². The maximum Gasteiger partial charge on any atom is 0.227 e. The Balaban J connectivity index is 1.49. The van der Waals surface area contributed by atoms with Crippen molar-refractivity contribution in [2.45, 2.75) is 53.0 Å². The second kappa shape index (κ2) is 10.7. The number of hydrogen-bond acceptors (Lipinski definition) is 4. The van der Waals surface area contributed by atoms with E-state index in [9.17, 15) is 4.79 Å². The van der Waals surface area contributed by atoms with E-state index in [4.69, 9.17) is 4.74 Å². The first-order chi connectivity index (χ1) is 14.5. The van der Waals surface area contributed by atoms with Gasteiger partial charge in [0.05, 0.1) is 6.61 Å². The Morgan fingerprint density at radius 3 is 2.53 bits per heavy atom. The minimum absolute atomic E-state index is 0.0854. The van der Waals surface area contributed by atoms with Crippen LogP contribution >= 0.6 is 0 Å². The number of ether oxygens (including phenoxy) is 1. The highest BCUT2D eigenvalue weighted by molar-refractivity contribution is 5.92. The van der Waals surface area contributed by atoms with Crippen molar-refractivity contribution in [2.75, 3.05) is 31.6 Å².